The molecule has 3 rings (SSSR count). The molecule has 0 aliphatic rings. The minimum absolute atomic E-state index is 0.166. The SMILES string of the molecule is CCCn1c(NC(=O)c2cc(C)nn2CC)nc2cc(C(N)=O)cc(OCCCNS(=O)(=O)N(C)C)c21. The van der Waals surface area contributed by atoms with Crippen molar-refractivity contribution in [2.45, 2.75) is 46.7 Å². The molecule has 0 spiro atoms. The summed E-state index contributed by atoms with van der Waals surface area (Å²) in [7, 11) is -0.663. The molecule has 0 atom stereocenters. The third kappa shape index (κ3) is 6.45. The molecule has 2 aromatic heterocycles. The van der Waals surface area contributed by atoms with Crippen LogP contribution in [-0.4, -0.2) is 71.1 Å². The fourth-order valence-corrected chi connectivity index (χ4v) is 4.40. The largest absolute Gasteiger partial charge is 0.491 e. The summed E-state index contributed by atoms with van der Waals surface area (Å²) in [6.07, 6.45) is 1.12. The Morgan fingerprint density at radius 1 is 1.19 bits per heavy atom. The van der Waals surface area contributed by atoms with Crippen LogP contribution in [0.4, 0.5) is 5.95 Å². The molecule has 2 amide bonds. The Bertz CT molecular complexity index is 1390. The Morgan fingerprint density at radius 2 is 1.92 bits per heavy atom. The number of benzene rings is 1. The van der Waals surface area contributed by atoms with Crippen LogP contribution in [-0.2, 0) is 23.3 Å². The molecule has 0 saturated heterocycles. The average Bonchev–Trinajstić information content (AvgIpc) is 3.38. The summed E-state index contributed by atoms with van der Waals surface area (Å²) in [5, 5.41) is 7.19. The number of carbonyl (C=O) groups is 2. The molecule has 0 bridgehead atoms. The summed E-state index contributed by atoms with van der Waals surface area (Å²) >= 11 is 0. The van der Waals surface area contributed by atoms with Gasteiger partial charge in [0.25, 0.3) is 16.1 Å². The Hall–Kier alpha value is -3.49. The van der Waals surface area contributed by atoms with Gasteiger partial charge in [0.05, 0.1) is 17.8 Å². The zero-order chi connectivity index (χ0) is 27.3. The molecule has 0 unspecified atom stereocenters. The van der Waals surface area contributed by atoms with Crippen LogP contribution in [0.1, 0.15) is 53.2 Å². The molecule has 2 heterocycles. The molecule has 14 heteroatoms. The van der Waals surface area contributed by atoms with Crippen molar-refractivity contribution in [1.29, 1.82) is 0 Å². The first-order valence-electron chi connectivity index (χ1n) is 12.0. The second-order valence-electron chi connectivity index (χ2n) is 8.62. The molecule has 0 saturated carbocycles. The van der Waals surface area contributed by atoms with Gasteiger partial charge >= 0.3 is 0 Å². The number of amides is 2. The number of anilines is 1. The first-order valence-corrected chi connectivity index (χ1v) is 13.4. The molecule has 1 aromatic carbocycles. The van der Waals surface area contributed by atoms with Crippen LogP contribution in [0.25, 0.3) is 11.0 Å². The van der Waals surface area contributed by atoms with Gasteiger partial charge in [0.15, 0.2) is 0 Å². The lowest BCUT2D eigenvalue weighted by atomic mass is 10.1. The highest BCUT2D eigenvalue weighted by Crippen LogP contribution is 2.31. The van der Waals surface area contributed by atoms with Gasteiger partial charge in [-0.1, -0.05) is 6.92 Å². The van der Waals surface area contributed by atoms with E-state index in [2.05, 4.69) is 20.1 Å². The van der Waals surface area contributed by atoms with E-state index in [1.54, 1.807) is 16.8 Å². The number of primary amides is 1. The van der Waals surface area contributed by atoms with Gasteiger partial charge in [-0.2, -0.15) is 17.8 Å². The predicted octanol–water partition coefficient (Wildman–Crippen LogP) is 1.49. The van der Waals surface area contributed by atoms with Crippen LogP contribution in [0.5, 0.6) is 5.75 Å². The monoisotopic (exact) mass is 534 g/mol. The lowest BCUT2D eigenvalue weighted by molar-refractivity contribution is 0.0995. The van der Waals surface area contributed by atoms with Crippen molar-refractivity contribution < 1.29 is 22.7 Å². The van der Waals surface area contributed by atoms with Gasteiger partial charge < -0.3 is 15.0 Å². The number of imidazole rings is 1. The van der Waals surface area contributed by atoms with Crippen LogP contribution in [0, 0.1) is 6.92 Å². The van der Waals surface area contributed by atoms with Crippen molar-refractivity contribution in [3.05, 3.63) is 35.2 Å². The standard InChI is InChI=1S/C23H34N8O5S/c1-6-10-30-20-17(26-23(30)27-22(33)18-12-15(3)28-31(18)7-2)13-16(21(24)32)14-19(20)36-11-8-9-25-37(34,35)29(4)5/h12-14,25H,6-11H2,1-5H3,(H2,24,32)(H,26,27,33). The predicted molar refractivity (Wildman–Crippen MR) is 140 cm³/mol. The number of carbonyl (C=O) groups excluding carboxylic acids is 2. The number of nitrogens with two attached hydrogens (primary N) is 1. The summed E-state index contributed by atoms with van der Waals surface area (Å²) in [5.41, 5.74) is 7.89. The molecule has 4 N–H and O–H groups in total. The van der Waals surface area contributed by atoms with Gasteiger partial charge in [0, 0.05) is 39.3 Å². The van der Waals surface area contributed by atoms with Gasteiger partial charge in [-0.3, -0.25) is 19.6 Å². The van der Waals surface area contributed by atoms with Crippen LogP contribution in [0.2, 0.25) is 0 Å². The van der Waals surface area contributed by atoms with Gasteiger partial charge in [0.1, 0.15) is 17.0 Å². The molecular formula is C23H34N8O5S. The summed E-state index contributed by atoms with van der Waals surface area (Å²) in [6, 6.07) is 4.79. The lowest BCUT2D eigenvalue weighted by Gasteiger charge is -2.14. The van der Waals surface area contributed by atoms with Crippen molar-refractivity contribution in [1.82, 2.24) is 28.4 Å². The maximum atomic E-state index is 13.1. The molecule has 0 radical (unpaired) electrons. The summed E-state index contributed by atoms with van der Waals surface area (Å²) < 4.78 is 36.7. The number of hydrogen-bond donors (Lipinski definition) is 3. The third-order valence-corrected chi connectivity index (χ3v) is 7.07. The fraction of sp³-hybridized carbons (Fsp3) is 0.478. The van der Waals surface area contributed by atoms with E-state index < -0.39 is 16.1 Å². The summed E-state index contributed by atoms with van der Waals surface area (Å²) in [4.78, 5) is 29.6. The highest BCUT2D eigenvalue weighted by Gasteiger charge is 2.21. The van der Waals surface area contributed by atoms with E-state index in [-0.39, 0.29) is 24.6 Å². The molecular weight excluding hydrogens is 500 g/mol. The number of rotatable bonds is 13. The van der Waals surface area contributed by atoms with Gasteiger partial charge in [-0.25, -0.2) is 9.71 Å². The lowest BCUT2D eigenvalue weighted by Crippen LogP contribution is -2.36. The first-order chi connectivity index (χ1) is 17.5. The molecule has 3 aromatic rings. The highest BCUT2D eigenvalue weighted by atomic mass is 32.2. The molecule has 13 nitrogen and oxygen atoms in total. The smallest absolute Gasteiger partial charge is 0.278 e. The molecule has 0 fully saturated rings. The minimum Gasteiger partial charge on any atom is -0.491 e. The second-order valence-corrected chi connectivity index (χ2v) is 10.6. The maximum absolute atomic E-state index is 13.1. The zero-order valence-corrected chi connectivity index (χ0v) is 22.6. The Labute approximate surface area is 216 Å². The van der Waals surface area contributed by atoms with Crippen LogP contribution in [0.15, 0.2) is 18.2 Å². The topological polar surface area (TPSA) is 166 Å². The number of hydrogen-bond acceptors (Lipinski definition) is 7. The molecule has 0 aliphatic heterocycles. The number of aryl methyl sites for hydroxylation is 3. The van der Waals surface area contributed by atoms with Crippen molar-refractivity contribution >= 4 is 39.0 Å². The van der Waals surface area contributed by atoms with E-state index in [0.717, 1.165) is 16.4 Å². The van der Waals surface area contributed by atoms with E-state index >= 15 is 0 Å². The first kappa shape index (κ1) is 28.1. The van der Waals surface area contributed by atoms with Crippen LogP contribution < -0.4 is 20.5 Å². The van der Waals surface area contributed by atoms with E-state index in [9.17, 15) is 18.0 Å². The van der Waals surface area contributed by atoms with Crippen LogP contribution in [0.3, 0.4) is 0 Å². The number of nitrogens with one attached hydrogen (secondary N) is 2. The summed E-state index contributed by atoms with van der Waals surface area (Å²) in [6.45, 7) is 7.09. The van der Waals surface area contributed by atoms with Gasteiger partial charge in [-0.15, -0.1) is 0 Å². The Kier molecular flexibility index (Phi) is 8.89. The van der Waals surface area contributed by atoms with Crippen molar-refractivity contribution in [3.8, 4) is 5.75 Å². The van der Waals surface area contributed by atoms with E-state index in [0.29, 0.717) is 47.9 Å². The average molecular weight is 535 g/mol. The van der Waals surface area contributed by atoms with E-state index in [1.807, 2.05) is 25.3 Å². The number of ether oxygens (including phenoxy) is 1. The number of nitrogens with zero attached hydrogens (tertiary/aromatic N) is 5. The van der Waals surface area contributed by atoms with Crippen molar-refractivity contribution in [3.63, 3.8) is 0 Å². The zero-order valence-electron chi connectivity index (χ0n) is 21.7. The van der Waals surface area contributed by atoms with Gasteiger partial charge in [0.2, 0.25) is 11.9 Å². The van der Waals surface area contributed by atoms with Crippen molar-refractivity contribution in [2.75, 3.05) is 32.6 Å². The molecule has 202 valence electrons. The normalized spacial score (nSPS) is 11.8. The minimum atomic E-state index is -3.54. The van der Waals surface area contributed by atoms with Crippen molar-refractivity contribution in [2.24, 2.45) is 5.73 Å². The highest BCUT2D eigenvalue weighted by molar-refractivity contribution is 7.87. The van der Waals surface area contributed by atoms with E-state index in [1.165, 1.54) is 20.2 Å². The van der Waals surface area contributed by atoms with Crippen LogP contribution >= 0.6 is 0 Å². The third-order valence-electron chi connectivity index (χ3n) is 5.54. The Balaban J connectivity index is 1.92. The second kappa shape index (κ2) is 11.7. The molecule has 37 heavy (non-hydrogen) atoms. The quantitative estimate of drug-likeness (QED) is 0.279. The number of aromatic nitrogens is 4. The molecule has 0 aliphatic carbocycles. The van der Waals surface area contributed by atoms with E-state index in [4.69, 9.17) is 10.5 Å². The Morgan fingerprint density at radius 3 is 2.54 bits per heavy atom. The number of fused-ring (bicyclic) bond motifs is 1. The summed E-state index contributed by atoms with van der Waals surface area (Å²) in [5.74, 6) is -0.351. The fourth-order valence-electron chi connectivity index (χ4n) is 3.74. The van der Waals surface area contributed by atoms with Gasteiger partial charge in [-0.05, 0) is 44.9 Å². The maximum Gasteiger partial charge on any atom is 0.278 e.